The van der Waals surface area contributed by atoms with Crippen molar-refractivity contribution in [2.24, 2.45) is 101 Å². The van der Waals surface area contributed by atoms with Crippen LogP contribution in [-0.2, 0) is 0 Å². The average molecular weight is 835 g/mol. The van der Waals surface area contributed by atoms with Crippen molar-refractivity contribution in [3.63, 3.8) is 0 Å². The largest absolute Gasteiger partial charge is 0.0879 e. The van der Waals surface area contributed by atoms with E-state index < -0.39 is 0 Å². The van der Waals surface area contributed by atoms with Gasteiger partial charge in [-0.25, -0.2) is 0 Å². The van der Waals surface area contributed by atoms with E-state index in [1.54, 1.807) is 39.0 Å². The molecule has 0 heterocycles. The highest BCUT2D eigenvalue weighted by atomic mass is 14.7. The van der Waals surface area contributed by atoms with Gasteiger partial charge in [-0.2, -0.15) is 0 Å². The van der Waals surface area contributed by atoms with Gasteiger partial charge in [0.15, 0.2) is 0 Å². The maximum absolute atomic E-state index is 2.91. The topological polar surface area (TPSA) is 0 Å². The van der Waals surface area contributed by atoms with Crippen molar-refractivity contribution in [2.75, 3.05) is 0 Å². The van der Waals surface area contributed by atoms with Gasteiger partial charge >= 0.3 is 0 Å². The van der Waals surface area contributed by atoms with Crippen molar-refractivity contribution in [1.29, 1.82) is 0 Å². The summed E-state index contributed by atoms with van der Waals surface area (Å²) in [7, 11) is 0. The van der Waals surface area contributed by atoms with Crippen molar-refractivity contribution in [1.82, 2.24) is 0 Å². The minimum absolute atomic E-state index is 0.436. The highest BCUT2D eigenvalue weighted by Crippen LogP contribution is 2.74. The van der Waals surface area contributed by atoms with Crippen LogP contribution in [0.2, 0.25) is 0 Å². The molecule has 0 aliphatic heterocycles. The van der Waals surface area contributed by atoms with Crippen molar-refractivity contribution < 1.29 is 0 Å². The van der Waals surface area contributed by atoms with E-state index in [0.29, 0.717) is 101 Å². The molecule has 0 amide bonds. The van der Waals surface area contributed by atoms with Crippen molar-refractivity contribution >= 4 is 32.7 Å². The molecule has 4 aromatic carbocycles. The highest BCUT2D eigenvalue weighted by molar-refractivity contribution is 5.97. The molecule has 13 rings (SSSR count). The van der Waals surface area contributed by atoms with Gasteiger partial charge in [-0.05, 0) is 180 Å². The fourth-order valence-electron chi connectivity index (χ4n) is 16.4. The fourth-order valence-corrected chi connectivity index (χ4v) is 16.4. The zero-order valence-electron chi connectivity index (χ0n) is 38.9. The minimum Gasteiger partial charge on any atom is -0.0879 e. The molecule has 14 atom stereocenters. The van der Waals surface area contributed by atoms with Crippen LogP contribution >= 0.6 is 0 Å². The van der Waals surface area contributed by atoms with Crippen LogP contribution in [0.5, 0.6) is 0 Å². The zero-order chi connectivity index (χ0) is 43.1. The Balaban J connectivity index is 1.03. The summed E-state index contributed by atoms with van der Waals surface area (Å²) in [5, 5.41) is 5.42. The van der Waals surface area contributed by atoms with Crippen molar-refractivity contribution in [3.8, 4) is 0 Å². The lowest BCUT2D eigenvalue weighted by Crippen LogP contribution is -2.35. The molecule has 0 spiro atoms. The normalized spacial score (nSPS) is 36.4. The second-order valence-corrected chi connectivity index (χ2v) is 22.8. The molecule has 3 saturated carbocycles. The summed E-state index contributed by atoms with van der Waals surface area (Å²) in [6.07, 6.45) is 32.8. The van der Waals surface area contributed by atoms with Crippen LogP contribution in [0.3, 0.4) is 0 Å². The monoisotopic (exact) mass is 835 g/mol. The molecule has 0 nitrogen and oxygen atoms in total. The van der Waals surface area contributed by atoms with E-state index in [1.165, 1.54) is 45.5 Å². The number of fused-ring (bicyclic) bond motifs is 11. The quantitative estimate of drug-likeness (QED) is 0.170. The van der Waals surface area contributed by atoms with Crippen LogP contribution < -0.4 is 0 Å². The Bertz CT molecular complexity index is 2890. The average Bonchev–Trinajstić information content (AvgIpc) is 3.96. The van der Waals surface area contributed by atoms with E-state index in [2.05, 4.69) is 193 Å². The summed E-state index contributed by atoms with van der Waals surface area (Å²) in [4.78, 5) is 0. The number of benzene rings is 4. The maximum Gasteiger partial charge on any atom is 0.00785 e. The molecule has 0 bridgehead atoms. The van der Waals surface area contributed by atoms with Crippen LogP contribution in [0, 0.1) is 101 Å². The van der Waals surface area contributed by atoms with E-state index in [0.717, 1.165) is 6.42 Å². The SMILES string of the molecule is CC(C)C1=CC(C(C)C)CC(C(C)C)C1C1=CC2C(C=C1)C1C3C(c4ccc5ccccc5c4)=C4C5=CC=CC6C=CCC(C4=C(c4ccc7ccccc7c4)C3C3C=CCC2C31)C56. The first-order chi connectivity index (χ1) is 31.2. The Kier molecular flexibility index (Phi) is 9.11. The van der Waals surface area contributed by atoms with Gasteiger partial charge < -0.3 is 0 Å². The van der Waals surface area contributed by atoms with Gasteiger partial charge in [0.2, 0.25) is 0 Å². The molecular formula is C64H66. The number of allylic oxidation sites excluding steroid dienone is 18. The third-order valence-electron chi connectivity index (χ3n) is 19.0. The van der Waals surface area contributed by atoms with Crippen LogP contribution in [0.1, 0.15) is 71.9 Å². The number of hydrogen-bond donors (Lipinski definition) is 0. The molecule has 0 heteroatoms. The summed E-state index contributed by atoms with van der Waals surface area (Å²) in [5.74, 6) is 9.72. The fraction of sp³-hybridized carbons (Fsp3) is 0.406. The van der Waals surface area contributed by atoms with Crippen LogP contribution in [0.4, 0.5) is 0 Å². The lowest BCUT2D eigenvalue weighted by atomic mass is 9.60. The molecule has 3 fully saturated rings. The molecule has 14 unspecified atom stereocenters. The summed E-state index contributed by atoms with van der Waals surface area (Å²) in [5.41, 5.74) is 14.7. The first kappa shape index (κ1) is 39.4. The van der Waals surface area contributed by atoms with Gasteiger partial charge in [0.25, 0.3) is 0 Å². The lowest BCUT2D eigenvalue weighted by Gasteiger charge is -2.44. The Hall–Kier alpha value is -4.94. The highest BCUT2D eigenvalue weighted by Gasteiger charge is 2.66. The molecule has 9 aliphatic carbocycles. The third kappa shape index (κ3) is 5.66. The van der Waals surface area contributed by atoms with Gasteiger partial charge in [0.1, 0.15) is 0 Å². The van der Waals surface area contributed by atoms with Gasteiger partial charge in [0.05, 0.1) is 0 Å². The van der Waals surface area contributed by atoms with Gasteiger partial charge in [-0.15, -0.1) is 0 Å². The molecular weight excluding hydrogens is 769 g/mol. The second-order valence-electron chi connectivity index (χ2n) is 22.8. The summed E-state index contributed by atoms with van der Waals surface area (Å²) in [6, 6.07) is 33.3. The van der Waals surface area contributed by atoms with E-state index in [4.69, 9.17) is 0 Å². The Morgan fingerprint density at radius 3 is 1.97 bits per heavy atom. The molecule has 4 aromatic rings. The molecule has 0 saturated heterocycles. The number of hydrogen-bond acceptors (Lipinski definition) is 0. The predicted octanol–water partition coefficient (Wildman–Crippen LogP) is 16.1. The Morgan fingerprint density at radius 2 is 1.27 bits per heavy atom. The first-order valence-corrected chi connectivity index (χ1v) is 25.6. The predicted molar refractivity (Wildman–Crippen MR) is 270 cm³/mol. The standard InChI is InChI=1S/C64H66/c1-35(2)46-33-52(36(3)4)56(53(34-46)37(5)6)45-28-29-48-54(32-45)47-20-13-23-51-59(47)60(48)64-58(44-27-25-39-15-8-10-17-42(39)31-44)62-50-22-12-19-40-18-11-21-49(55(40)50)61(62)57(63(51)64)43-26-24-38-14-7-9-16-41(38)30-43/h7-19,22-33,35-37,40,46-49,51,53-56,59-60,63-64H,20-21,34H2,1-6H3. The third-order valence-corrected chi connectivity index (χ3v) is 19.0. The van der Waals surface area contributed by atoms with E-state index in [1.807, 2.05) is 0 Å². The van der Waals surface area contributed by atoms with Gasteiger partial charge in [-0.3, -0.25) is 0 Å². The summed E-state index contributed by atoms with van der Waals surface area (Å²) >= 11 is 0. The second kappa shape index (κ2) is 14.8. The Labute approximate surface area is 383 Å². The van der Waals surface area contributed by atoms with Gasteiger partial charge in [-0.1, -0.05) is 187 Å². The van der Waals surface area contributed by atoms with Crippen molar-refractivity contribution in [2.45, 2.75) is 60.8 Å². The van der Waals surface area contributed by atoms with Crippen molar-refractivity contribution in [3.05, 3.63) is 191 Å². The van der Waals surface area contributed by atoms with E-state index in [9.17, 15) is 0 Å². The summed E-state index contributed by atoms with van der Waals surface area (Å²) < 4.78 is 0. The molecule has 64 heavy (non-hydrogen) atoms. The molecule has 0 aromatic heterocycles. The maximum atomic E-state index is 2.91. The van der Waals surface area contributed by atoms with E-state index >= 15 is 0 Å². The molecule has 0 radical (unpaired) electrons. The minimum atomic E-state index is 0.436. The van der Waals surface area contributed by atoms with Crippen LogP contribution in [0.25, 0.3) is 32.7 Å². The lowest BCUT2D eigenvalue weighted by molar-refractivity contribution is 0.212. The van der Waals surface area contributed by atoms with Gasteiger partial charge in [0, 0.05) is 17.8 Å². The number of rotatable bonds is 6. The smallest absolute Gasteiger partial charge is 0.00785 e. The zero-order valence-corrected chi connectivity index (χ0v) is 38.9. The molecule has 0 N–H and O–H groups in total. The Morgan fingerprint density at radius 1 is 0.562 bits per heavy atom. The molecule has 322 valence electrons. The van der Waals surface area contributed by atoms with Crippen LogP contribution in [0.15, 0.2) is 180 Å². The molecule has 9 aliphatic rings. The van der Waals surface area contributed by atoms with E-state index in [-0.39, 0.29) is 0 Å². The van der Waals surface area contributed by atoms with Crippen LogP contribution in [-0.4, -0.2) is 0 Å². The summed E-state index contributed by atoms with van der Waals surface area (Å²) in [6.45, 7) is 14.9. The first-order valence-electron chi connectivity index (χ1n) is 25.6.